The predicted octanol–water partition coefficient (Wildman–Crippen LogP) is 6.28. The number of aliphatic hydroxyl groups excluding tert-OH is 1. The van der Waals surface area contributed by atoms with E-state index in [0.717, 1.165) is 39.5 Å². The average molecular weight is 649 g/mol. The largest absolute Gasteiger partial charge is 0.496 e. The Morgan fingerprint density at radius 1 is 1.21 bits per heavy atom. The van der Waals surface area contributed by atoms with Gasteiger partial charge in [0.1, 0.15) is 17.1 Å². The third kappa shape index (κ3) is 6.82. The molecule has 1 aliphatic rings. The lowest BCUT2D eigenvalue weighted by molar-refractivity contribution is -0.138. The Morgan fingerprint density at radius 2 is 1.98 bits per heavy atom. The van der Waals surface area contributed by atoms with Crippen LogP contribution in [-0.2, 0) is 0 Å². The van der Waals surface area contributed by atoms with Crippen LogP contribution < -0.4 is 15.6 Å². The van der Waals surface area contributed by atoms with Crippen LogP contribution in [-0.4, -0.2) is 64.4 Å². The zero-order valence-corrected chi connectivity index (χ0v) is 24.9. The summed E-state index contributed by atoms with van der Waals surface area (Å²) < 4.78 is 43.9. The fourth-order valence-corrected chi connectivity index (χ4v) is 6.08. The number of piperidine rings is 1. The fraction of sp³-hybridized carbons (Fsp3) is 0.400. The summed E-state index contributed by atoms with van der Waals surface area (Å²) in [6.45, 7) is 3.40. The highest BCUT2D eigenvalue weighted by molar-refractivity contribution is 9.10. The van der Waals surface area contributed by atoms with Gasteiger partial charge in [-0.1, -0.05) is 12.1 Å². The normalized spacial score (nSPS) is 15.7. The Kier molecular flexibility index (Phi) is 8.95. The molecule has 2 aromatic heterocycles. The first kappa shape index (κ1) is 30.1. The van der Waals surface area contributed by atoms with Crippen molar-refractivity contribution in [3.63, 3.8) is 0 Å². The van der Waals surface area contributed by atoms with Gasteiger partial charge in [-0.3, -0.25) is 4.79 Å². The van der Waals surface area contributed by atoms with Gasteiger partial charge in [-0.25, -0.2) is 4.98 Å². The second kappa shape index (κ2) is 12.5. The summed E-state index contributed by atoms with van der Waals surface area (Å²) in [4.78, 5) is 25.6. The van der Waals surface area contributed by atoms with Crippen LogP contribution in [0.1, 0.15) is 48.0 Å². The van der Waals surface area contributed by atoms with Crippen molar-refractivity contribution in [2.45, 2.75) is 44.4 Å². The number of pyridine rings is 1. The van der Waals surface area contributed by atoms with Gasteiger partial charge in [0.2, 0.25) is 0 Å². The molecule has 42 heavy (non-hydrogen) atoms. The van der Waals surface area contributed by atoms with Gasteiger partial charge < -0.3 is 30.0 Å². The van der Waals surface area contributed by atoms with Crippen LogP contribution in [0.5, 0.6) is 5.75 Å². The third-order valence-corrected chi connectivity index (χ3v) is 8.43. The second-order valence-corrected chi connectivity index (χ2v) is 11.5. The number of nitrogens with one attached hydrogen (secondary N) is 3. The second-order valence-electron chi connectivity index (χ2n) is 10.7. The number of hydrogen-bond acceptors (Lipinski definition) is 6. The number of ether oxygens (including phenoxy) is 1. The molecule has 1 saturated heterocycles. The highest BCUT2D eigenvalue weighted by Crippen LogP contribution is 2.34. The quantitative estimate of drug-likeness (QED) is 0.171. The molecule has 0 unspecified atom stereocenters. The summed E-state index contributed by atoms with van der Waals surface area (Å²) in [6.07, 6.45) is -2.67. The summed E-state index contributed by atoms with van der Waals surface area (Å²) in [5.41, 5.74) is 4.80. The van der Waals surface area contributed by atoms with Gasteiger partial charge in [-0.2, -0.15) is 13.2 Å². The van der Waals surface area contributed by atoms with Crippen molar-refractivity contribution in [3.8, 4) is 17.1 Å². The number of nitrogens with zero attached hydrogens (tertiary/aromatic N) is 2. The maximum absolute atomic E-state index is 13.0. The van der Waals surface area contributed by atoms with Crippen molar-refractivity contribution in [1.82, 2.24) is 19.9 Å². The smallest absolute Gasteiger partial charge is 0.390 e. The van der Waals surface area contributed by atoms with Crippen LogP contribution in [0.3, 0.4) is 0 Å². The lowest BCUT2D eigenvalue weighted by Gasteiger charge is -2.32. The van der Waals surface area contributed by atoms with Crippen molar-refractivity contribution >= 4 is 32.7 Å². The van der Waals surface area contributed by atoms with Gasteiger partial charge in [0, 0.05) is 19.3 Å². The first-order valence-corrected chi connectivity index (χ1v) is 14.6. The molecule has 8 nitrogen and oxygen atoms in total. The van der Waals surface area contributed by atoms with Crippen molar-refractivity contribution in [1.29, 1.82) is 0 Å². The van der Waals surface area contributed by atoms with Crippen LogP contribution in [0.4, 0.5) is 18.9 Å². The monoisotopic (exact) mass is 647 g/mol. The summed E-state index contributed by atoms with van der Waals surface area (Å²) in [5.74, 6) is 1.29. The number of H-pyrrole nitrogens is 2. The van der Waals surface area contributed by atoms with Gasteiger partial charge in [0.05, 0.1) is 40.8 Å². The number of anilines is 1. The van der Waals surface area contributed by atoms with E-state index < -0.39 is 18.7 Å². The van der Waals surface area contributed by atoms with Crippen LogP contribution in [0, 0.1) is 6.92 Å². The Hall–Kier alpha value is -3.35. The minimum Gasteiger partial charge on any atom is -0.496 e. The number of alkyl halides is 3. The molecule has 0 bridgehead atoms. The number of imidazole rings is 1. The number of likely N-dealkylation sites (tertiary alicyclic amines) is 1. The average Bonchev–Trinajstić information content (AvgIpc) is 3.39. The molecule has 0 saturated carbocycles. The standard InChI is InChI=1S/C30H33BrF3N5O3/c1-17-13-20(18-6-10-39(11-7-18)12-8-30(32,33)34)15-23-27(17)38-28(37-23)26-22(5-9-35-29(26)41)36-16-24(40)19-3-4-25(42-2)21(31)14-19/h3-5,9,13-15,18,24,40H,6-8,10-12,16H2,1-2H3,(H,37,38)(H2,35,36,41)/t24-/m1/s1. The summed E-state index contributed by atoms with van der Waals surface area (Å²) in [5, 5.41) is 14.0. The number of hydrogen-bond donors (Lipinski definition) is 4. The van der Waals surface area contributed by atoms with Gasteiger partial charge in [-0.05, 0) is 95.7 Å². The number of aromatic amines is 2. The molecule has 1 atom stereocenters. The molecule has 0 spiro atoms. The van der Waals surface area contributed by atoms with E-state index in [0.29, 0.717) is 41.5 Å². The van der Waals surface area contributed by atoms with Crippen LogP contribution in [0.2, 0.25) is 0 Å². The molecule has 224 valence electrons. The van der Waals surface area contributed by atoms with E-state index >= 15 is 0 Å². The minimum absolute atomic E-state index is 0.0366. The topological polar surface area (TPSA) is 106 Å². The molecule has 1 fully saturated rings. The number of aliphatic hydroxyl groups is 1. The van der Waals surface area contributed by atoms with Gasteiger partial charge >= 0.3 is 6.18 Å². The predicted molar refractivity (Wildman–Crippen MR) is 160 cm³/mol. The van der Waals surface area contributed by atoms with Gasteiger partial charge in [-0.15, -0.1) is 0 Å². The Bertz CT molecular complexity index is 1610. The third-order valence-electron chi connectivity index (χ3n) is 7.81. The van der Waals surface area contributed by atoms with E-state index in [1.165, 1.54) is 6.20 Å². The number of benzene rings is 2. The van der Waals surface area contributed by atoms with E-state index in [-0.39, 0.29) is 24.6 Å². The lowest BCUT2D eigenvalue weighted by Crippen LogP contribution is -2.35. The number of aryl methyl sites for hydroxylation is 1. The maximum Gasteiger partial charge on any atom is 0.390 e. The van der Waals surface area contributed by atoms with Crippen molar-refractivity contribution in [2.24, 2.45) is 0 Å². The highest BCUT2D eigenvalue weighted by Gasteiger charge is 2.29. The fourth-order valence-electron chi connectivity index (χ4n) is 5.52. The van der Waals surface area contributed by atoms with E-state index in [2.05, 4.69) is 37.3 Å². The molecule has 2 aromatic carbocycles. The molecule has 4 N–H and O–H groups in total. The number of fused-ring (bicyclic) bond motifs is 1. The minimum atomic E-state index is -4.14. The van der Waals surface area contributed by atoms with Crippen molar-refractivity contribution < 1.29 is 23.0 Å². The number of halogens is 4. The zero-order valence-electron chi connectivity index (χ0n) is 23.3. The molecule has 0 amide bonds. The molecular weight excluding hydrogens is 615 g/mol. The summed E-state index contributed by atoms with van der Waals surface area (Å²) in [6, 6.07) is 11.2. The summed E-state index contributed by atoms with van der Waals surface area (Å²) in [7, 11) is 1.57. The SMILES string of the molecule is COc1ccc([C@H](O)CNc2cc[nH]c(=O)c2-c2nc3c(C)cc(C4CCN(CCC(F)(F)F)CC4)cc3[nH]2)cc1Br. The van der Waals surface area contributed by atoms with E-state index in [9.17, 15) is 23.1 Å². The first-order chi connectivity index (χ1) is 20.0. The number of aromatic nitrogens is 3. The van der Waals surface area contributed by atoms with E-state index in [1.807, 2.05) is 17.9 Å². The number of methoxy groups -OCH3 is 1. The molecule has 4 aromatic rings. The Morgan fingerprint density at radius 3 is 2.67 bits per heavy atom. The van der Waals surface area contributed by atoms with E-state index in [4.69, 9.17) is 9.72 Å². The zero-order chi connectivity index (χ0) is 30.0. The molecule has 3 heterocycles. The maximum atomic E-state index is 13.0. The summed E-state index contributed by atoms with van der Waals surface area (Å²) >= 11 is 3.44. The Balaban J connectivity index is 1.33. The highest BCUT2D eigenvalue weighted by atomic mass is 79.9. The van der Waals surface area contributed by atoms with E-state index in [1.54, 1.807) is 31.4 Å². The van der Waals surface area contributed by atoms with Crippen molar-refractivity contribution in [3.05, 3.63) is 74.1 Å². The molecular formula is C30H33BrF3N5O3. The molecule has 1 aliphatic heterocycles. The molecule has 0 radical (unpaired) electrons. The van der Waals surface area contributed by atoms with Gasteiger partial charge in [0.25, 0.3) is 5.56 Å². The van der Waals surface area contributed by atoms with Crippen molar-refractivity contribution in [2.75, 3.05) is 38.6 Å². The number of rotatable bonds is 9. The van der Waals surface area contributed by atoms with Gasteiger partial charge in [0.15, 0.2) is 0 Å². The molecule has 5 rings (SSSR count). The lowest BCUT2D eigenvalue weighted by atomic mass is 9.88. The molecule has 12 heteroatoms. The molecule has 0 aliphatic carbocycles. The van der Waals surface area contributed by atoms with Crippen LogP contribution in [0.25, 0.3) is 22.4 Å². The first-order valence-electron chi connectivity index (χ1n) is 13.8. The van der Waals surface area contributed by atoms with Crippen LogP contribution in [0.15, 0.2) is 51.9 Å². The van der Waals surface area contributed by atoms with Crippen LogP contribution >= 0.6 is 15.9 Å². The Labute approximate surface area is 249 Å².